The zero-order chi connectivity index (χ0) is 11.5. The molecule has 5 heteroatoms. The van der Waals surface area contributed by atoms with Gasteiger partial charge in [-0.25, -0.2) is 0 Å². The van der Waals surface area contributed by atoms with Crippen molar-refractivity contribution < 1.29 is 4.79 Å². The molecule has 0 radical (unpaired) electrons. The van der Waals surface area contributed by atoms with E-state index in [9.17, 15) is 4.79 Å². The summed E-state index contributed by atoms with van der Waals surface area (Å²) in [6.07, 6.45) is 3.30. The summed E-state index contributed by atoms with van der Waals surface area (Å²) in [6.45, 7) is 0. The summed E-state index contributed by atoms with van der Waals surface area (Å²) in [7, 11) is 1.72. The highest BCUT2D eigenvalue weighted by Gasteiger charge is 2.16. The Balaban J connectivity index is 2.27. The second-order valence-electron chi connectivity index (χ2n) is 3.27. The van der Waals surface area contributed by atoms with E-state index in [1.54, 1.807) is 42.5 Å². The van der Waals surface area contributed by atoms with Gasteiger partial charge in [-0.05, 0) is 23.6 Å². The SMILES string of the molecule is CN(C(=O)c1sccc1N)c1ccncc1. The Morgan fingerprint density at radius 1 is 1.38 bits per heavy atom. The van der Waals surface area contributed by atoms with Crippen LogP contribution in [0.4, 0.5) is 11.4 Å². The average molecular weight is 233 g/mol. The second-order valence-corrected chi connectivity index (χ2v) is 4.19. The molecule has 0 bridgehead atoms. The highest BCUT2D eigenvalue weighted by Crippen LogP contribution is 2.22. The molecule has 0 aliphatic heterocycles. The van der Waals surface area contributed by atoms with Crippen molar-refractivity contribution in [3.8, 4) is 0 Å². The van der Waals surface area contributed by atoms with E-state index in [-0.39, 0.29) is 5.91 Å². The van der Waals surface area contributed by atoms with Gasteiger partial charge in [0, 0.05) is 25.1 Å². The van der Waals surface area contributed by atoms with Gasteiger partial charge in [0.1, 0.15) is 4.88 Å². The van der Waals surface area contributed by atoms with Gasteiger partial charge in [0.05, 0.1) is 5.69 Å². The number of thiophene rings is 1. The van der Waals surface area contributed by atoms with Crippen LogP contribution in [0.25, 0.3) is 0 Å². The van der Waals surface area contributed by atoms with E-state index in [1.165, 1.54) is 11.3 Å². The Labute approximate surface area is 97.3 Å². The number of carbonyl (C=O) groups excluding carboxylic acids is 1. The van der Waals surface area contributed by atoms with Crippen LogP contribution in [-0.4, -0.2) is 17.9 Å². The third kappa shape index (κ3) is 1.90. The van der Waals surface area contributed by atoms with Crippen LogP contribution in [0.3, 0.4) is 0 Å². The van der Waals surface area contributed by atoms with Gasteiger partial charge in [-0.2, -0.15) is 0 Å². The van der Waals surface area contributed by atoms with Crippen LogP contribution in [0.2, 0.25) is 0 Å². The fraction of sp³-hybridized carbons (Fsp3) is 0.0909. The predicted octanol–water partition coefficient (Wildman–Crippen LogP) is 2.00. The lowest BCUT2D eigenvalue weighted by atomic mass is 10.3. The number of carbonyl (C=O) groups is 1. The highest BCUT2D eigenvalue weighted by molar-refractivity contribution is 7.12. The lowest BCUT2D eigenvalue weighted by Crippen LogP contribution is -2.25. The van der Waals surface area contributed by atoms with E-state index in [4.69, 9.17) is 5.73 Å². The molecule has 2 heterocycles. The van der Waals surface area contributed by atoms with Crippen LogP contribution in [-0.2, 0) is 0 Å². The number of nitrogens with two attached hydrogens (primary N) is 1. The maximum absolute atomic E-state index is 12.1. The highest BCUT2D eigenvalue weighted by atomic mass is 32.1. The summed E-state index contributed by atoms with van der Waals surface area (Å²) in [4.78, 5) is 18.1. The summed E-state index contributed by atoms with van der Waals surface area (Å²) in [5, 5.41) is 1.81. The Morgan fingerprint density at radius 3 is 2.62 bits per heavy atom. The Morgan fingerprint density at radius 2 is 2.06 bits per heavy atom. The van der Waals surface area contributed by atoms with Crippen molar-refractivity contribution in [2.24, 2.45) is 0 Å². The van der Waals surface area contributed by atoms with Gasteiger partial charge in [-0.15, -0.1) is 11.3 Å². The third-order valence-corrected chi connectivity index (χ3v) is 3.16. The summed E-state index contributed by atoms with van der Waals surface area (Å²) < 4.78 is 0. The van der Waals surface area contributed by atoms with Gasteiger partial charge in [-0.1, -0.05) is 0 Å². The second kappa shape index (κ2) is 4.32. The third-order valence-electron chi connectivity index (χ3n) is 2.24. The molecule has 0 spiro atoms. The minimum Gasteiger partial charge on any atom is -0.397 e. The largest absolute Gasteiger partial charge is 0.397 e. The number of hydrogen-bond acceptors (Lipinski definition) is 4. The summed E-state index contributed by atoms with van der Waals surface area (Å²) in [5.41, 5.74) is 7.03. The molecule has 0 aliphatic carbocycles. The number of anilines is 2. The Kier molecular flexibility index (Phi) is 2.87. The molecule has 2 rings (SSSR count). The summed E-state index contributed by atoms with van der Waals surface area (Å²) in [5.74, 6) is -0.0984. The lowest BCUT2D eigenvalue weighted by Gasteiger charge is -2.16. The van der Waals surface area contributed by atoms with Crippen LogP contribution in [0.1, 0.15) is 9.67 Å². The molecule has 82 valence electrons. The Bertz CT molecular complexity index is 495. The van der Waals surface area contributed by atoms with Crippen LogP contribution >= 0.6 is 11.3 Å². The number of nitrogens with zero attached hydrogens (tertiary/aromatic N) is 2. The molecule has 0 saturated carbocycles. The van der Waals surface area contributed by atoms with Crippen LogP contribution in [0, 0.1) is 0 Å². The van der Waals surface area contributed by atoms with E-state index >= 15 is 0 Å². The number of nitrogen functional groups attached to an aromatic ring is 1. The maximum atomic E-state index is 12.1. The van der Waals surface area contributed by atoms with Crippen molar-refractivity contribution in [2.45, 2.75) is 0 Å². The zero-order valence-corrected chi connectivity index (χ0v) is 9.57. The molecule has 16 heavy (non-hydrogen) atoms. The molecule has 2 aromatic rings. The van der Waals surface area contributed by atoms with E-state index in [0.717, 1.165) is 5.69 Å². The van der Waals surface area contributed by atoms with Gasteiger partial charge in [0.2, 0.25) is 0 Å². The normalized spacial score (nSPS) is 10.1. The molecule has 0 fully saturated rings. The topological polar surface area (TPSA) is 59.2 Å². The van der Waals surface area contributed by atoms with E-state index in [0.29, 0.717) is 10.6 Å². The lowest BCUT2D eigenvalue weighted by molar-refractivity contribution is 0.0997. The fourth-order valence-corrected chi connectivity index (χ4v) is 2.12. The first-order valence-corrected chi connectivity index (χ1v) is 5.59. The first-order chi connectivity index (χ1) is 7.70. The van der Waals surface area contributed by atoms with E-state index < -0.39 is 0 Å². The number of hydrogen-bond donors (Lipinski definition) is 1. The molecular weight excluding hydrogens is 222 g/mol. The number of pyridine rings is 1. The van der Waals surface area contributed by atoms with Gasteiger partial charge in [0.15, 0.2) is 0 Å². The van der Waals surface area contributed by atoms with E-state index in [1.807, 2.05) is 5.38 Å². The monoisotopic (exact) mass is 233 g/mol. The minimum absolute atomic E-state index is 0.0984. The Hall–Kier alpha value is -1.88. The summed E-state index contributed by atoms with van der Waals surface area (Å²) >= 11 is 1.35. The number of rotatable bonds is 2. The van der Waals surface area contributed by atoms with Crippen molar-refractivity contribution in [1.82, 2.24) is 4.98 Å². The van der Waals surface area contributed by atoms with Crippen molar-refractivity contribution in [2.75, 3.05) is 17.7 Å². The fourth-order valence-electron chi connectivity index (χ4n) is 1.33. The number of aromatic nitrogens is 1. The smallest absolute Gasteiger partial charge is 0.270 e. The van der Waals surface area contributed by atoms with Gasteiger partial charge >= 0.3 is 0 Å². The van der Waals surface area contributed by atoms with Gasteiger partial charge < -0.3 is 10.6 Å². The van der Waals surface area contributed by atoms with Crippen LogP contribution in [0.5, 0.6) is 0 Å². The maximum Gasteiger partial charge on any atom is 0.270 e. The van der Waals surface area contributed by atoms with E-state index in [2.05, 4.69) is 4.98 Å². The molecular formula is C11H11N3OS. The molecule has 2 aromatic heterocycles. The van der Waals surface area contributed by atoms with Crippen LogP contribution < -0.4 is 10.6 Å². The summed E-state index contributed by atoms with van der Waals surface area (Å²) in [6, 6.07) is 5.29. The first-order valence-electron chi connectivity index (χ1n) is 4.71. The van der Waals surface area contributed by atoms with Crippen molar-refractivity contribution in [3.63, 3.8) is 0 Å². The predicted molar refractivity (Wildman–Crippen MR) is 65.7 cm³/mol. The first kappa shape index (κ1) is 10.6. The zero-order valence-electron chi connectivity index (χ0n) is 8.75. The van der Waals surface area contributed by atoms with Gasteiger partial charge in [0.25, 0.3) is 5.91 Å². The molecule has 0 aliphatic rings. The van der Waals surface area contributed by atoms with Crippen molar-refractivity contribution in [3.05, 3.63) is 40.8 Å². The molecule has 0 aromatic carbocycles. The number of amides is 1. The molecule has 4 nitrogen and oxygen atoms in total. The van der Waals surface area contributed by atoms with Crippen molar-refractivity contribution >= 4 is 28.6 Å². The van der Waals surface area contributed by atoms with Crippen LogP contribution in [0.15, 0.2) is 36.0 Å². The molecule has 0 saturated heterocycles. The minimum atomic E-state index is -0.0984. The van der Waals surface area contributed by atoms with Crippen molar-refractivity contribution in [1.29, 1.82) is 0 Å². The quantitative estimate of drug-likeness (QED) is 0.863. The molecule has 1 amide bonds. The molecule has 0 unspecified atom stereocenters. The molecule has 0 atom stereocenters. The standard InChI is InChI=1S/C11H11N3OS/c1-14(8-2-5-13-6-3-8)11(15)10-9(12)4-7-16-10/h2-7H,12H2,1H3. The van der Waals surface area contributed by atoms with Gasteiger partial charge in [-0.3, -0.25) is 9.78 Å². The average Bonchev–Trinajstić information content (AvgIpc) is 2.75. The molecule has 2 N–H and O–H groups in total.